The van der Waals surface area contributed by atoms with Gasteiger partial charge >= 0.3 is 0 Å². The van der Waals surface area contributed by atoms with Gasteiger partial charge in [-0.25, -0.2) is 0 Å². The van der Waals surface area contributed by atoms with E-state index in [-0.39, 0.29) is 47.5 Å². The van der Waals surface area contributed by atoms with Crippen LogP contribution in [0.3, 0.4) is 0 Å². The second-order valence-electron chi connectivity index (χ2n) is 12.6. The number of aliphatic hydroxyl groups is 1. The number of carbonyl (C=O) groups is 3. The van der Waals surface area contributed by atoms with Gasteiger partial charge in [0, 0.05) is 23.9 Å². The molecule has 1 aromatic rings. The van der Waals surface area contributed by atoms with Crippen LogP contribution >= 0.6 is 11.8 Å². The van der Waals surface area contributed by atoms with Gasteiger partial charge in [0.25, 0.3) is 0 Å². The summed E-state index contributed by atoms with van der Waals surface area (Å²) < 4.78 is -0.673. The molecule has 1 aromatic carbocycles. The van der Waals surface area contributed by atoms with Crippen LogP contribution in [0.25, 0.3) is 0 Å². The minimum absolute atomic E-state index is 0.00103. The first-order valence-corrected chi connectivity index (χ1v) is 13.9. The summed E-state index contributed by atoms with van der Waals surface area (Å²) in [6.45, 7) is 12.8. The fourth-order valence-electron chi connectivity index (χ4n) is 7.14. The summed E-state index contributed by atoms with van der Waals surface area (Å²) >= 11 is 1.66. The maximum atomic E-state index is 13.9. The molecule has 3 amide bonds. The van der Waals surface area contributed by atoms with E-state index in [1.54, 1.807) is 16.7 Å². The largest absolute Gasteiger partial charge is 0.395 e. The fraction of sp³-hybridized carbons (Fsp3) is 0.679. The van der Waals surface area contributed by atoms with Crippen molar-refractivity contribution in [1.82, 2.24) is 15.5 Å². The van der Waals surface area contributed by atoms with Crippen molar-refractivity contribution in [1.29, 1.82) is 0 Å². The number of β-amino-alcohol motifs (C(OH)–C–C–N with tert-alkyl or cyclic N) is 1. The molecular weight excluding hydrogens is 474 g/mol. The van der Waals surface area contributed by atoms with E-state index in [0.29, 0.717) is 6.54 Å². The van der Waals surface area contributed by atoms with Crippen molar-refractivity contribution in [3.63, 3.8) is 0 Å². The first-order valence-electron chi connectivity index (χ1n) is 13.0. The molecule has 3 aliphatic heterocycles. The van der Waals surface area contributed by atoms with Gasteiger partial charge in [-0.15, -0.1) is 11.8 Å². The van der Waals surface area contributed by atoms with Crippen LogP contribution in [-0.4, -0.2) is 62.5 Å². The molecule has 3 unspecified atom stereocenters. The predicted molar refractivity (Wildman–Crippen MR) is 142 cm³/mol. The zero-order valence-corrected chi connectivity index (χ0v) is 23.2. The normalized spacial score (nSPS) is 31.5. The van der Waals surface area contributed by atoms with Crippen LogP contribution in [0.2, 0.25) is 0 Å². The highest BCUT2D eigenvalue weighted by Gasteiger charge is 2.76. The number of nitrogens with one attached hydrogen (secondary N) is 2. The predicted octanol–water partition coefficient (Wildman–Crippen LogP) is 2.96. The Bertz CT molecular complexity index is 1010. The monoisotopic (exact) mass is 515 g/mol. The Labute approximate surface area is 219 Å². The molecule has 2 bridgehead atoms. The quantitative estimate of drug-likeness (QED) is 0.495. The van der Waals surface area contributed by atoms with E-state index in [1.807, 2.05) is 44.2 Å². The number of amides is 3. The highest BCUT2D eigenvalue weighted by atomic mass is 32.2. The number of hydrogen-bond acceptors (Lipinski definition) is 5. The van der Waals surface area contributed by atoms with Crippen LogP contribution in [0, 0.1) is 23.2 Å². The second kappa shape index (κ2) is 9.67. The lowest BCUT2D eigenvalue weighted by molar-refractivity contribution is -0.140. The molecule has 0 aromatic heterocycles. The SMILES string of the molecule is CC1C[C@H]2SC13C(C(=O)NC(C)(C)CC(C)(C)C)N(CCO)C(=O)[C@@H]3[C@H]2C(=O)NCc1ccccc1. The number of thioether (sulfide) groups is 1. The van der Waals surface area contributed by atoms with E-state index in [1.165, 1.54) is 0 Å². The Kier molecular flexibility index (Phi) is 7.25. The molecule has 36 heavy (non-hydrogen) atoms. The third kappa shape index (κ3) is 4.78. The van der Waals surface area contributed by atoms with Crippen molar-refractivity contribution in [2.75, 3.05) is 13.2 Å². The first-order chi connectivity index (χ1) is 16.8. The summed E-state index contributed by atoms with van der Waals surface area (Å²) in [5.41, 5.74) is 0.557. The molecule has 0 saturated carbocycles. The van der Waals surface area contributed by atoms with Crippen LogP contribution in [0.15, 0.2) is 30.3 Å². The maximum absolute atomic E-state index is 13.9. The Hall–Kier alpha value is -2.06. The summed E-state index contributed by atoms with van der Waals surface area (Å²) in [7, 11) is 0. The van der Waals surface area contributed by atoms with Crippen LogP contribution in [0.4, 0.5) is 0 Å². The first kappa shape index (κ1) is 27.0. The van der Waals surface area contributed by atoms with Gasteiger partial charge in [-0.2, -0.15) is 0 Å². The highest BCUT2D eigenvalue weighted by molar-refractivity contribution is 8.02. The van der Waals surface area contributed by atoms with Gasteiger partial charge in [-0.05, 0) is 43.6 Å². The number of aliphatic hydroxyl groups excluding tert-OH is 1. The van der Waals surface area contributed by atoms with E-state index >= 15 is 0 Å². The van der Waals surface area contributed by atoms with Crippen LogP contribution in [0.5, 0.6) is 0 Å². The number of fused-ring (bicyclic) bond motifs is 1. The lowest BCUT2D eigenvalue weighted by atomic mass is 9.65. The molecule has 1 spiro atoms. The lowest BCUT2D eigenvalue weighted by Gasteiger charge is -2.41. The van der Waals surface area contributed by atoms with Gasteiger partial charge in [-0.3, -0.25) is 14.4 Å². The molecule has 0 radical (unpaired) electrons. The Morgan fingerprint density at radius 1 is 1.14 bits per heavy atom. The van der Waals surface area contributed by atoms with Crippen LogP contribution < -0.4 is 10.6 Å². The molecule has 0 aliphatic carbocycles. The summed E-state index contributed by atoms with van der Waals surface area (Å²) in [6, 6.07) is 9.01. The minimum Gasteiger partial charge on any atom is -0.395 e. The summed E-state index contributed by atoms with van der Waals surface area (Å²) in [5.74, 6) is -1.44. The van der Waals surface area contributed by atoms with Crippen molar-refractivity contribution in [3.8, 4) is 0 Å². The number of likely N-dealkylation sites (tertiary alicyclic amines) is 1. The Morgan fingerprint density at radius 3 is 2.42 bits per heavy atom. The average Bonchev–Trinajstić information content (AvgIpc) is 3.35. The molecular formula is C28H41N3O4S. The van der Waals surface area contributed by atoms with Crippen LogP contribution in [-0.2, 0) is 20.9 Å². The van der Waals surface area contributed by atoms with E-state index in [4.69, 9.17) is 0 Å². The molecule has 3 aliphatic rings. The molecule has 3 saturated heterocycles. The van der Waals surface area contributed by atoms with Crippen molar-refractivity contribution in [2.24, 2.45) is 23.2 Å². The summed E-state index contributed by atoms with van der Waals surface area (Å²) in [6.07, 6.45) is 1.57. The van der Waals surface area contributed by atoms with Crippen molar-refractivity contribution < 1.29 is 19.5 Å². The number of benzene rings is 1. The summed E-state index contributed by atoms with van der Waals surface area (Å²) in [5, 5.41) is 16.1. The molecule has 7 nitrogen and oxygen atoms in total. The fourth-order valence-corrected chi connectivity index (χ4v) is 9.57. The van der Waals surface area contributed by atoms with Crippen molar-refractivity contribution in [2.45, 2.75) is 82.5 Å². The highest BCUT2D eigenvalue weighted by Crippen LogP contribution is 2.68. The molecule has 3 heterocycles. The zero-order valence-electron chi connectivity index (χ0n) is 22.3. The minimum atomic E-state index is -0.710. The lowest BCUT2D eigenvalue weighted by Crippen LogP contribution is -2.60. The van der Waals surface area contributed by atoms with Crippen molar-refractivity contribution >= 4 is 29.5 Å². The number of carbonyl (C=O) groups excluding carboxylic acids is 3. The number of hydrogen-bond donors (Lipinski definition) is 3. The molecule has 6 atom stereocenters. The maximum Gasteiger partial charge on any atom is 0.244 e. The third-order valence-electron chi connectivity index (χ3n) is 7.88. The molecule has 3 N–H and O–H groups in total. The van der Waals surface area contributed by atoms with Gasteiger partial charge in [0.15, 0.2) is 0 Å². The van der Waals surface area contributed by atoms with Crippen LogP contribution in [0.1, 0.15) is 59.9 Å². The molecule has 8 heteroatoms. The molecule has 3 fully saturated rings. The molecule has 198 valence electrons. The molecule has 4 rings (SSSR count). The van der Waals surface area contributed by atoms with E-state index in [0.717, 1.165) is 18.4 Å². The van der Waals surface area contributed by atoms with E-state index in [2.05, 4.69) is 38.3 Å². The smallest absolute Gasteiger partial charge is 0.244 e. The Balaban J connectivity index is 1.62. The zero-order chi connectivity index (χ0) is 26.5. The van der Waals surface area contributed by atoms with Crippen molar-refractivity contribution in [3.05, 3.63) is 35.9 Å². The van der Waals surface area contributed by atoms with E-state index in [9.17, 15) is 19.5 Å². The van der Waals surface area contributed by atoms with Gasteiger partial charge in [0.05, 0.1) is 23.2 Å². The third-order valence-corrected chi connectivity index (χ3v) is 9.96. The van der Waals surface area contributed by atoms with Gasteiger partial charge in [0.1, 0.15) is 6.04 Å². The number of nitrogens with zero attached hydrogens (tertiary/aromatic N) is 1. The second-order valence-corrected chi connectivity index (χ2v) is 14.2. The Morgan fingerprint density at radius 2 is 1.81 bits per heavy atom. The summed E-state index contributed by atoms with van der Waals surface area (Å²) in [4.78, 5) is 42.8. The standard InChI is InChI=1S/C28H41N3O4S/c1-17-14-19-20(23(33)29-15-18-10-8-7-9-11-18)21-25(35)31(12-13-32)22(28(17,21)36-19)24(34)30-27(5,6)16-26(2,3)4/h7-11,17,19-22,32H,12-16H2,1-6H3,(H,29,33)(H,30,34)/t17?,19-,20+,21+,22?,28?/m1/s1. The van der Waals surface area contributed by atoms with Gasteiger partial charge < -0.3 is 20.6 Å². The average molecular weight is 516 g/mol. The van der Waals surface area contributed by atoms with Gasteiger partial charge in [-0.1, -0.05) is 58.0 Å². The number of rotatable bonds is 8. The topological polar surface area (TPSA) is 98.7 Å². The van der Waals surface area contributed by atoms with Gasteiger partial charge in [0.2, 0.25) is 17.7 Å². The van der Waals surface area contributed by atoms with E-state index < -0.39 is 28.2 Å².